The summed E-state index contributed by atoms with van der Waals surface area (Å²) >= 11 is 12.5. The smallest absolute Gasteiger partial charge is 0.242 e. The molecule has 1 aliphatic rings. The SMILES string of the molecule is COc1ccc(CCC(=O)N(Cc2ccc(Cl)cc2Cl)[C@H](C)C(=O)NC2CCCCC2)cc1OC. The predicted octanol–water partition coefficient (Wildman–Crippen LogP) is 5.81. The van der Waals surface area contributed by atoms with Crippen molar-refractivity contribution in [3.63, 3.8) is 0 Å². The Bertz CT molecular complexity index is 1020. The molecule has 0 saturated heterocycles. The molecular formula is C27H34Cl2N2O4. The zero-order valence-electron chi connectivity index (χ0n) is 20.6. The molecule has 1 fully saturated rings. The number of nitrogens with one attached hydrogen (secondary N) is 1. The van der Waals surface area contributed by atoms with Gasteiger partial charge in [-0.25, -0.2) is 0 Å². The van der Waals surface area contributed by atoms with Crippen molar-refractivity contribution < 1.29 is 19.1 Å². The first-order valence-electron chi connectivity index (χ1n) is 12.1. The van der Waals surface area contributed by atoms with E-state index in [0.29, 0.717) is 28.0 Å². The number of hydrogen-bond acceptors (Lipinski definition) is 4. The monoisotopic (exact) mass is 520 g/mol. The van der Waals surface area contributed by atoms with E-state index in [-0.39, 0.29) is 30.8 Å². The number of methoxy groups -OCH3 is 2. The minimum absolute atomic E-state index is 0.128. The van der Waals surface area contributed by atoms with Crippen molar-refractivity contribution in [1.29, 1.82) is 0 Å². The molecule has 0 bridgehead atoms. The van der Waals surface area contributed by atoms with Gasteiger partial charge in [0, 0.05) is 29.1 Å². The highest BCUT2D eigenvalue weighted by atomic mass is 35.5. The summed E-state index contributed by atoms with van der Waals surface area (Å²) < 4.78 is 10.7. The number of carbonyl (C=O) groups is 2. The number of amides is 2. The van der Waals surface area contributed by atoms with Gasteiger partial charge in [0.25, 0.3) is 0 Å². The Morgan fingerprint density at radius 3 is 2.40 bits per heavy atom. The minimum atomic E-state index is -0.637. The van der Waals surface area contributed by atoms with Crippen LogP contribution in [0.1, 0.15) is 56.6 Å². The fourth-order valence-electron chi connectivity index (χ4n) is 4.42. The summed E-state index contributed by atoms with van der Waals surface area (Å²) in [6, 6.07) is 10.3. The highest BCUT2D eigenvalue weighted by molar-refractivity contribution is 6.35. The Morgan fingerprint density at radius 1 is 1.03 bits per heavy atom. The summed E-state index contributed by atoms with van der Waals surface area (Å²) in [5.41, 5.74) is 1.69. The molecule has 0 heterocycles. The van der Waals surface area contributed by atoms with Crippen LogP contribution in [-0.4, -0.2) is 43.0 Å². The van der Waals surface area contributed by atoms with E-state index >= 15 is 0 Å². The third-order valence-corrected chi connectivity index (χ3v) is 7.14. The largest absolute Gasteiger partial charge is 0.493 e. The van der Waals surface area contributed by atoms with E-state index < -0.39 is 6.04 Å². The maximum Gasteiger partial charge on any atom is 0.242 e. The van der Waals surface area contributed by atoms with Gasteiger partial charge < -0.3 is 19.7 Å². The van der Waals surface area contributed by atoms with Gasteiger partial charge in [-0.2, -0.15) is 0 Å². The molecule has 190 valence electrons. The van der Waals surface area contributed by atoms with Gasteiger partial charge in [-0.1, -0.05) is 54.6 Å². The van der Waals surface area contributed by atoms with E-state index in [0.717, 1.165) is 36.8 Å². The second kappa shape index (κ2) is 13.0. The van der Waals surface area contributed by atoms with Crippen LogP contribution in [0.25, 0.3) is 0 Å². The summed E-state index contributed by atoms with van der Waals surface area (Å²) in [4.78, 5) is 28.2. The van der Waals surface area contributed by atoms with Gasteiger partial charge in [0.05, 0.1) is 14.2 Å². The molecule has 35 heavy (non-hydrogen) atoms. The summed E-state index contributed by atoms with van der Waals surface area (Å²) in [6.07, 6.45) is 6.14. The second-order valence-electron chi connectivity index (χ2n) is 8.97. The maximum atomic E-state index is 13.4. The van der Waals surface area contributed by atoms with Crippen LogP contribution in [0.2, 0.25) is 10.0 Å². The summed E-state index contributed by atoms with van der Waals surface area (Å²) in [6.45, 7) is 2.00. The lowest BCUT2D eigenvalue weighted by Gasteiger charge is -2.31. The molecule has 0 radical (unpaired) electrons. The van der Waals surface area contributed by atoms with E-state index in [1.807, 2.05) is 18.2 Å². The highest BCUT2D eigenvalue weighted by Crippen LogP contribution is 2.28. The van der Waals surface area contributed by atoms with Gasteiger partial charge >= 0.3 is 0 Å². The van der Waals surface area contributed by atoms with Crippen molar-refractivity contribution in [2.45, 2.75) is 70.5 Å². The Labute approximate surface area is 217 Å². The van der Waals surface area contributed by atoms with Crippen LogP contribution in [0.5, 0.6) is 11.5 Å². The van der Waals surface area contributed by atoms with E-state index in [4.69, 9.17) is 32.7 Å². The molecule has 2 aromatic carbocycles. The molecule has 0 spiro atoms. The zero-order valence-corrected chi connectivity index (χ0v) is 22.1. The first-order chi connectivity index (χ1) is 16.8. The average Bonchev–Trinajstić information content (AvgIpc) is 2.86. The minimum Gasteiger partial charge on any atom is -0.493 e. The maximum absolute atomic E-state index is 13.4. The van der Waals surface area contributed by atoms with Gasteiger partial charge in [0.15, 0.2) is 11.5 Å². The van der Waals surface area contributed by atoms with Crippen molar-refractivity contribution in [2.24, 2.45) is 0 Å². The second-order valence-corrected chi connectivity index (χ2v) is 9.81. The molecule has 3 rings (SSSR count). The van der Waals surface area contributed by atoms with E-state index in [1.54, 1.807) is 44.2 Å². The standard InChI is InChI=1S/C27H34Cl2N2O4/c1-18(27(33)30-22-7-5-4-6-8-22)31(17-20-11-12-21(28)16-23(20)29)26(32)14-10-19-9-13-24(34-2)25(15-19)35-3/h9,11-13,15-16,18,22H,4-8,10,14,17H2,1-3H3,(H,30,33)/t18-/m1/s1. The highest BCUT2D eigenvalue weighted by Gasteiger charge is 2.28. The van der Waals surface area contributed by atoms with Crippen LogP contribution in [0.15, 0.2) is 36.4 Å². The number of halogens is 2. The molecular weight excluding hydrogens is 487 g/mol. The summed E-state index contributed by atoms with van der Waals surface area (Å²) in [7, 11) is 3.16. The lowest BCUT2D eigenvalue weighted by molar-refractivity contribution is -0.141. The van der Waals surface area contributed by atoms with Gasteiger partial charge in [0.1, 0.15) is 6.04 Å². The first-order valence-corrected chi connectivity index (χ1v) is 12.8. The Hall–Kier alpha value is -2.44. The van der Waals surface area contributed by atoms with Crippen LogP contribution >= 0.6 is 23.2 Å². The van der Waals surface area contributed by atoms with Crippen molar-refractivity contribution in [1.82, 2.24) is 10.2 Å². The molecule has 0 aliphatic heterocycles. The molecule has 1 saturated carbocycles. The number of benzene rings is 2. The molecule has 1 aliphatic carbocycles. The average molecular weight is 521 g/mol. The van der Waals surface area contributed by atoms with E-state index in [1.165, 1.54) is 6.42 Å². The topological polar surface area (TPSA) is 67.9 Å². The van der Waals surface area contributed by atoms with Crippen LogP contribution in [0.4, 0.5) is 0 Å². The van der Waals surface area contributed by atoms with Crippen LogP contribution < -0.4 is 14.8 Å². The molecule has 2 aromatic rings. The Morgan fingerprint density at radius 2 is 1.74 bits per heavy atom. The van der Waals surface area contributed by atoms with Crippen molar-refractivity contribution in [3.05, 3.63) is 57.6 Å². The number of carbonyl (C=O) groups excluding carboxylic acids is 2. The van der Waals surface area contributed by atoms with Crippen molar-refractivity contribution in [2.75, 3.05) is 14.2 Å². The van der Waals surface area contributed by atoms with E-state index in [2.05, 4.69) is 5.32 Å². The number of hydrogen-bond donors (Lipinski definition) is 1. The lowest BCUT2D eigenvalue weighted by Crippen LogP contribution is -2.50. The molecule has 6 nitrogen and oxygen atoms in total. The number of nitrogens with zero attached hydrogens (tertiary/aromatic N) is 1. The zero-order chi connectivity index (χ0) is 25.4. The number of rotatable bonds is 10. The fraction of sp³-hybridized carbons (Fsp3) is 0.481. The number of aryl methyl sites for hydroxylation is 1. The van der Waals surface area contributed by atoms with Gasteiger partial charge in [-0.05, 0) is 61.6 Å². The van der Waals surface area contributed by atoms with Crippen LogP contribution in [0, 0.1) is 0 Å². The quantitative estimate of drug-likeness (QED) is 0.429. The molecule has 2 amide bonds. The van der Waals surface area contributed by atoms with Gasteiger partial charge in [-0.3, -0.25) is 9.59 Å². The van der Waals surface area contributed by atoms with E-state index in [9.17, 15) is 9.59 Å². The summed E-state index contributed by atoms with van der Waals surface area (Å²) in [5, 5.41) is 4.14. The Balaban J connectivity index is 1.75. The third kappa shape index (κ3) is 7.52. The third-order valence-electron chi connectivity index (χ3n) is 6.55. The van der Waals surface area contributed by atoms with Crippen LogP contribution in [0.3, 0.4) is 0 Å². The molecule has 0 aromatic heterocycles. The molecule has 0 unspecified atom stereocenters. The van der Waals surface area contributed by atoms with Gasteiger partial charge in [0.2, 0.25) is 11.8 Å². The first kappa shape index (κ1) is 27.2. The van der Waals surface area contributed by atoms with Crippen molar-refractivity contribution in [3.8, 4) is 11.5 Å². The molecule has 1 N–H and O–H groups in total. The predicted molar refractivity (Wildman–Crippen MR) is 139 cm³/mol. The lowest BCUT2D eigenvalue weighted by atomic mass is 9.95. The molecule has 8 heteroatoms. The number of ether oxygens (including phenoxy) is 2. The fourth-order valence-corrected chi connectivity index (χ4v) is 4.88. The van der Waals surface area contributed by atoms with Gasteiger partial charge in [-0.15, -0.1) is 0 Å². The summed E-state index contributed by atoms with van der Waals surface area (Å²) in [5.74, 6) is 0.982. The Kier molecular flexibility index (Phi) is 10.1. The van der Waals surface area contributed by atoms with Crippen molar-refractivity contribution >= 4 is 35.0 Å². The van der Waals surface area contributed by atoms with Crippen LogP contribution in [-0.2, 0) is 22.6 Å². The molecule has 1 atom stereocenters. The normalized spacial score (nSPS) is 14.8.